The minimum atomic E-state index is -4.79. The molecule has 0 aromatic carbocycles. The maximum Gasteiger partial charge on any atom is 1.00 e. The molecule has 4 unspecified atom stereocenters. The zero-order chi connectivity index (χ0) is 79.5. The SMILES string of the molecule is CCCCCC/C=C/CCCC(=O)O[C@H](CCCCCCCCCCC)CC(=O)NC(COCC[C@H](O)CCCCCCC)COP(=O)(O)OCCNC(=O)NCCOP(=O)(O)OCC(COCC[C@H](O)CCCCCCC)NC(=O)C[C@@H](CCCCCCCCCCC)OC(=O)CCC/C=C/CCCCCC.[H-].[H-].[Na+].[Na+]. The minimum Gasteiger partial charge on any atom is -1.00 e. The summed E-state index contributed by atoms with van der Waals surface area (Å²) in [6.07, 6.45) is 53.9. The molecule has 27 heteroatoms. The number of aliphatic hydroxyl groups is 2. The van der Waals surface area contributed by atoms with Gasteiger partial charge in [-0.2, -0.15) is 0 Å². The third-order valence-corrected chi connectivity index (χ3v) is 20.9. The third-order valence-electron chi connectivity index (χ3n) is 19.0. The van der Waals surface area contributed by atoms with Gasteiger partial charge in [0.1, 0.15) is 12.2 Å². The number of carbonyl (C=O) groups excluding carboxylic acids is 5. The summed E-state index contributed by atoms with van der Waals surface area (Å²) >= 11 is 0. The summed E-state index contributed by atoms with van der Waals surface area (Å²) in [6.45, 7) is 10.6. The Morgan fingerprint density at radius 1 is 0.355 bits per heavy atom. The fraction of sp³-hybridized carbons (Fsp3) is 0.892. The summed E-state index contributed by atoms with van der Waals surface area (Å²) in [7, 11) is -9.59. The van der Waals surface area contributed by atoms with Crippen molar-refractivity contribution in [2.75, 3.05) is 65.9 Å². The normalized spacial score (nSPS) is 14.3. The molecule has 0 saturated heterocycles. The van der Waals surface area contributed by atoms with Crippen LogP contribution in [0.5, 0.6) is 0 Å². The Kier molecular flexibility index (Phi) is 84.9. The summed E-state index contributed by atoms with van der Waals surface area (Å²) in [4.78, 5) is 88.3. The van der Waals surface area contributed by atoms with Gasteiger partial charge in [0.25, 0.3) is 0 Å². The number of phosphoric acid groups is 2. The molecule has 0 aliphatic carbocycles. The number of carbonyl (C=O) groups is 5. The zero-order valence-electron chi connectivity index (χ0n) is 72.9. The molecule has 0 aromatic rings. The second-order valence-electron chi connectivity index (χ2n) is 29.6. The van der Waals surface area contributed by atoms with Gasteiger partial charge in [0, 0.05) is 39.1 Å². The van der Waals surface area contributed by atoms with E-state index in [0.29, 0.717) is 51.4 Å². The number of allylic oxidation sites excluding steroid dienone is 4. The van der Waals surface area contributed by atoms with Gasteiger partial charge in [-0.1, -0.05) is 271 Å². The Morgan fingerprint density at radius 3 is 0.955 bits per heavy atom. The van der Waals surface area contributed by atoms with Crippen LogP contribution in [0.3, 0.4) is 0 Å². The van der Waals surface area contributed by atoms with E-state index in [0.717, 1.165) is 154 Å². The Labute approximate surface area is 715 Å². The van der Waals surface area contributed by atoms with E-state index < -0.39 is 96.4 Å². The van der Waals surface area contributed by atoms with E-state index in [2.05, 4.69) is 87.1 Å². The molecule has 110 heavy (non-hydrogen) atoms. The van der Waals surface area contributed by atoms with Crippen molar-refractivity contribution in [3.8, 4) is 0 Å². The van der Waals surface area contributed by atoms with Gasteiger partial charge in [-0.15, -0.1) is 0 Å². The largest absolute Gasteiger partial charge is 1.00 e. The molecule has 0 heterocycles. The quantitative estimate of drug-likeness (QED) is 0.00922. The summed E-state index contributed by atoms with van der Waals surface area (Å²) < 4.78 is 71.2. The summed E-state index contributed by atoms with van der Waals surface area (Å²) in [5.74, 6) is -1.68. The van der Waals surface area contributed by atoms with Crippen molar-refractivity contribution in [2.24, 2.45) is 0 Å². The first-order valence-electron chi connectivity index (χ1n) is 43.4. The predicted octanol–water partition coefficient (Wildman–Crippen LogP) is 13.9. The van der Waals surface area contributed by atoms with Crippen LogP contribution in [0, 0.1) is 0 Å². The standard InChI is InChI=1S/C83H160N4O19P2.2Na.2H/c1-7-13-19-25-29-33-37-43-49-55-77(105-81(92)57-51-45-39-35-31-27-21-15-9-3)67-79(90)86-73(69-99-63-59-75(88)53-47-41-23-17-11-5)71-103-107(95,96)101-65-61-84-83(94)85-62-66-102-108(97,98)104-72-74(70-100-64-60-76(89)54-48-42-24-18-12-6)87-80(91)68-78(56-50-44-38-34-30-26-20-14-8-2)106-82(93)58-52-46-40-36-32-28-22-16-10-4;;;;/h35-36,39-40,73-78,88-89H,7-34,37-38,41-72H2,1-6H3,(H,86,90)(H,87,91)(H,95,96)(H,97,98)(H2,84,85,94);;;;/q;2*+1;2*-1/b39-35+,40-36+;;;;/t73?,74?,75-,76-,77-,78-;;;;/m1..../s1. The molecule has 0 spiro atoms. The van der Waals surface area contributed by atoms with Gasteiger partial charge in [0.05, 0.1) is 76.8 Å². The smallest absolute Gasteiger partial charge is 1.00 e. The maximum atomic E-state index is 13.8. The zero-order valence-corrected chi connectivity index (χ0v) is 76.7. The van der Waals surface area contributed by atoms with Gasteiger partial charge >= 0.3 is 92.7 Å². The fourth-order valence-electron chi connectivity index (χ4n) is 12.4. The average Bonchev–Trinajstić information content (AvgIpc) is 0.906. The van der Waals surface area contributed by atoms with E-state index in [1.54, 1.807) is 0 Å². The van der Waals surface area contributed by atoms with Crippen molar-refractivity contribution in [1.82, 2.24) is 21.3 Å². The number of urea groups is 1. The number of aliphatic hydroxyl groups excluding tert-OH is 2. The van der Waals surface area contributed by atoms with Crippen LogP contribution < -0.4 is 80.4 Å². The molecule has 640 valence electrons. The molecule has 4 amide bonds. The van der Waals surface area contributed by atoms with Crippen LogP contribution in [0.4, 0.5) is 4.79 Å². The van der Waals surface area contributed by atoms with Crippen LogP contribution >= 0.6 is 15.6 Å². The van der Waals surface area contributed by atoms with Gasteiger partial charge < -0.3 is 63.1 Å². The molecular weight excluding hydrogens is 1460 g/mol. The van der Waals surface area contributed by atoms with Crippen molar-refractivity contribution in [3.05, 3.63) is 24.3 Å². The number of nitrogens with one attached hydrogen (secondary N) is 4. The Morgan fingerprint density at radius 2 is 0.636 bits per heavy atom. The van der Waals surface area contributed by atoms with Crippen molar-refractivity contribution < 1.29 is 152 Å². The topological polar surface area (TPSA) is 322 Å². The molecule has 23 nitrogen and oxygen atoms in total. The Balaban J connectivity index is -0.00000954. The average molecular weight is 1630 g/mol. The van der Waals surface area contributed by atoms with Gasteiger partial charge in [0.15, 0.2) is 0 Å². The third kappa shape index (κ3) is 79.2. The minimum absolute atomic E-state index is 0. The number of phosphoric ester groups is 2. The van der Waals surface area contributed by atoms with E-state index >= 15 is 0 Å². The van der Waals surface area contributed by atoms with Crippen LogP contribution in [0.15, 0.2) is 24.3 Å². The predicted molar refractivity (Wildman–Crippen MR) is 437 cm³/mol. The first kappa shape index (κ1) is 113. The fourth-order valence-corrected chi connectivity index (χ4v) is 13.9. The molecule has 0 aliphatic rings. The van der Waals surface area contributed by atoms with E-state index in [1.807, 2.05) is 0 Å². The van der Waals surface area contributed by atoms with Crippen LogP contribution in [-0.4, -0.2) is 152 Å². The number of amides is 4. The van der Waals surface area contributed by atoms with Crippen molar-refractivity contribution in [2.45, 2.75) is 412 Å². The van der Waals surface area contributed by atoms with E-state index in [1.165, 1.54) is 103 Å². The first-order chi connectivity index (χ1) is 52.3. The van der Waals surface area contributed by atoms with Crippen molar-refractivity contribution in [3.63, 3.8) is 0 Å². The molecule has 0 saturated carbocycles. The Hall–Kier alpha value is -1.31. The summed E-state index contributed by atoms with van der Waals surface area (Å²) in [6, 6.07) is -2.66. The molecule has 0 radical (unpaired) electrons. The number of esters is 2. The van der Waals surface area contributed by atoms with Crippen molar-refractivity contribution >= 4 is 45.4 Å². The maximum absolute atomic E-state index is 13.8. The Bertz CT molecular complexity index is 2150. The number of ether oxygens (including phenoxy) is 4. The molecule has 0 bridgehead atoms. The summed E-state index contributed by atoms with van der Waals surface area (Å²) in [5.41, 5.74) is 0. The van der Waals surface area contributed by atoms with Crippen LogP contribution in [0.2, 0.25) is 0 Å². The molecule has 8 atom stereocenters. The second-order valence-corrected chi connectivity index (χ2v) is 32.5. The number of hydrogen-bond acceptors (Lipinski definition) is 17. The number of hydrogen-bond donors (Lipinski definition) is 8. The van der Waals surface area contributed by atoms with E-state index in [4.69, 9.17) is 37.0 Å². The van der Waals surface area contributed by atoms with Gasteiger partial charge in [-0.25, -0.2) is 13.9 Å². The molecule has 0 fully saturated rings. The molecular formula is C83H162N4Na2O19P2. The second kappa shape index (κ2) is 82.8. The number of rotatable bonds is 82. The van der Waals surface area contributed by atoms with Crippen molar-refractivity contribution in [1.29, 1.82) is 0 Å². The monoisotopic (exact) mass is 1630 g/mol. The molecule has 0 aliphatic heterocycles. The van der Waals surface area contributed by atoms with Crippen LogP contribution in [0.25, 0.3) is 0 Å². The van der Waals surface area contributed by atoms with Gasteiger partial charge in [-0.3, -0.25) is 37.3 Å². The molecule has 0 rings (SSSR count). The molecule has 8 N–H and O–H groups in total. The van der Waals surface area contributed by atoms with E-state index in [-0.39, 0.29) is 139 Å². The summed E-state index contributed by atoms with van der Waals surface area (Å²) in [5, 5.41) is 31.9. The first-order valence-corrected chi connectivity index (χ1v) is 46.4. The van der Waals surface area contributed by atoms with Crippen LogP contribution in [-0.2, 0) is 65.4 Å². The van der Waals surface area contributed by atoms with Crippen LogP contribution in [0.1, 0.15) is 378 Å². The number of unbranched alkanes of at least 4 members (excludes halogenated alkanes) is 34. The molecule has 0 aromatic heterocycles. The van der Waals surface area contributed by atoms with Gasteiger partial charge in [0.2, 0.25) is 11.8 Å². The van der Waals surface area contributed by atoms with E-state index in [9.17, 15) is 53.1 Å². The van der Waals surface area contributed by atoms with Gasteiger partial charge in [-0.05, 0) is 103 Å².